The summed E-state index contributed by atoms with van der Waals surface area (Å²) < 4.78 is 23.2. The zero-order chi connectivity index (χ0) is 18.6. The van der Waals surface area contributed by atoms with Crippen molar-refractivity contribution in [1.82, 2.24) is 5.32 Å². The molecule has 0 aliphatic heterocycles. The molecule has 0 heterocycles. The maximum atomic E-state index is 12.9. The Hall–Kier alpha value is -2.40. The van der Waals surface area contributed by atoms with Gasteiger partial charge in [0.2, 0.25) is 0 Å². The van der Waals surface area contributed by atoms with Gasteiger partial charge >= 0.3 is 5.97 Å². The average molecular weight is 359 g/mol. The van der Waals surface area contributed by atoms with E-state index in [0.717, 1.165) is 37.1 Å². The summed E-state index contributed by atoms with van der Waals surface area (Å²) in [5, 5.41) is 3.20. The van der Waals surface area contributed by atoms with E-state index in [1.807, 2.05) is 24.3 Å². The molecule has 140 valence electrons. The highest BCUT2D eigenvalue weighted by atomic mass is 19.1. The molecule has 2 rings (SSSR count). The van der Waals surface area contributed by atoms with Gasteiger partial charge in [-0.15, -0.1) is 0 Å². The van der Waals surface area contributed by atoms with Crippen LogP contribution in [0.15, 0.2) is 48.5 Å². The van der Waals surface area contributed by atoms with Crippen LogP contribution in [0.2, 0.25) is 0 Å². The number of benzene rings is 2. The number of methoxy groups -OCH3 is 1. The largest absolute Gasteiger partial charge is 0.494 e. The Bertz CT molecular complexity index is 656. The maximum Gasteiger partial charge on any atom is 0.306 e. The van der Waals surface area contributed by atoms with Crippen molar-refractivity contribution in [3.05, 3.63) is 65.5 Å². The fraction of sp³-hybridized carbons (Fsp3) is 0.381. The number of halogens is 1. The number of unbranched alkanes of at least 4 members (excludes halogenated alkanes) is 1. The number of ether oxygens (including phenoxy) is 2. The van der Waals surface area contributed by atoms with E-state index in [-0.39, 0.29) is 11.8 Å². The van der Waals surface area contributed by atoms with Crippen LogP contribution in [0.5, 0.6) is 5.75 Å². The first-order valence-corrected chi connectivity index (χ1v) is 8.91. The van der Waals surface area contributed by atoms with E-state index in [1.165, 1.54) is 24.8 Å². The minimum absolute atomic E-state index is 0.191. The van der Waals surface area contributed by atoms with Crippen LogP contribution >= 0.6 is 0 Å². The summed E-state index contributed by atoms with van der Waals surface area (Å²) in [6.45, 7) is 2.16. The lowest BCUT2D eigenvalue weighted by Gasteiger charge is -2.08. The third-order valence-corrected chi connectivity index (χ3v) is 4.00. The number of nitrogens with one attached hydrogen (secondary N) is 1. The van der Waals surface area contributed by atoms with E-state index < -0.39 is 0 Å². The number of hydrogen-bond acceptors (Lipinski definition) is 4. The van der Waals surface area contributed by atoms with E-state index >= 15 is 0 Å². The van der Waals surface area contributed by atoms with Crippen LogP contribution in [0.1, 0.15) is 30.4 Å². The molecule has 0 spiro atoms. The van der Waals surface area contributed by atoms with Crippen molar-refractivity contribution in [2.24, 2.45) is 0 Å². The van der Waals surface area contributed by atoms with Gasteiger partial charge in [0.05, 0.1) is 20.1 Å². The second kappa shape index (κ2) is 11.3. The molecule has 2 aromatic rings. The molecule has 0 unspecified atom stereocenters. The van der Waals surface area contributed by atoms with Crippen LogP contribution in [-0.2, 0) is 16.0 Å². The predicted molar refractivity (Wildman–Crippen MR) is 99.9 cm³/mol. The second-order valence-corrected chi connectivity index (χ2v) is 6.08. The first-order chi connectivity index (χ1) is 12.7. The van der Waals surface area contributed by atoms with Gasteiger partial charge in [0.1, 0.15) is 11.6 Å². The van der Waals surface area contributed by atoms with Gasteiger partial charge in [-0.3, -0.25) is 4.79 Å². The van der Waals surface area contributed by atoms with Gasteiger partial charge in [-0.25, -0.2) is 4.39 Å². The smallest absolute Gasteiger partial charge is 0.306 e. The second-order valence-electron chi connectivity index (χ2n) is 6.08. The van der Waals surface area contributed by atoms with Crippen molar-refractivity contribution >= 4 is 5.97 Å². The minimum atomic E-state index is -0.212. The van der Waals surface area contributed by atoms with Crippen LogP contribution in [-0.4, -0.2) is 32.8 Å². The first kappa shape index (κ1) is 19.9. The minimum Gasteiger partial charge on any atom is -0.494 e. The molecule has 0 fully saturated rings. The Morgan fingerprint density at radius 3 is 2.27 bits per heavy atom. The van der Waals surface area contributed by atoms with Crippen molar-refractivity contribution in [2.45, 2.75) is 25.7 Å². The number of rotatable bonds is 11. The number of esters is 1. The molecule has 2 aromatic carbocycles. The van der Waals surface area contributed by atoms with E-state index in [4.69, 9.17) is 4.74 Å². The summed E-state index contributed by atoms with van der Waals surface area (Å²) in [5.74, 6) is 0.450. The molecule has 4 nitrogen and oxygen atoms in total. The van der Waals surface area contributed by atoms with Crippen LogP contribution in [0.4, 0.5) is 4.39 Å². The highest BCUT2D eigenvalue weighted by molar-refractivity contribution is 5.69. The molecule has 0 aliphatic rings. The molecular formula is C21H26FNO3. The Morgan fingerprint density at radius 2 is 1.62 bits per heavy atom. The molecule has 0 bridgehead atoms. The van der Waals surface area contributed by atoms with Crippen LogP contribution in [0.25, 0.3) is 0 Å². The highest BCUT2D eigenvalue weighted by Crippen LogP contribution is 2.16. The summed E-state index contributed by atoms with van der Waals surface area (Å²) in [5.41, 5.74) is 2.25. The van der Waals surface area contributed by atoms with E-state index in [9.17, 15) is 9.18 Å². The van der Waals surface area contributed by atoms with Gasteiger partial charge < -0.3 is 14.8 Å². The fourth-order valence-corrected chi connectivity index (χ4v) is 2.50. The lowest BCUT2D eigenvalue weighted by atomic mass is 10.1. The molecule has 0 radical (unpaired) electrons. The Morgan fingerprint density at radius 1 is 0.962 bits per heavy atom. The molecule has 5 heteroatoms. The Labute approximate surface area is 154 Å². The predicted octanol–water partition coefficient (Wildman–Crippen LogP) is 3.73. The number of carbonyl (C=O) groups is 1. The molecule has 1 N–H and O–H groups in total. The van der Waals surface area contributed by atoms with Crippen LogP contribution < -0.4 is 10.1 Å². The summed E-state index contributed by atoms with van der Waals surface area (Å²) in [4.78, 5) is 10.9. The standard InChI is InChI=1S/C21H26FNO3/c1-25-21(24)12-14-23-13-2-3-15-26-20-10-6-18(7-11-20)16-17-4-8-19(22)9-5-17/h4-11,23H,2-3,12-16H2,1H3. The monoisotopic (exact) mass is 359 g/mol. The molecule has 0 saturated heterocycles. The average Bonchev–Trinajstić information content (AvgIpc) is 2.66. The van der Waals surface area contributed by atoms with Crippen molar-refractivity contribution in [1.29, 1.82) is 0 Å². The number of carbonyl (C=O) groups excluding carboxylic acids is 1. The zero-order valence-corrected chi connectivity index (χ0v) is 15.2. The van der Waals surface area contributed by atoms with Gasteiger partial charge in [0.15, 0.2) is 0 Å². The highest BCUT2D eigenvalue weighted by Gasteiger charge is 2.00. The van der Waals surface area contributed by atoms with Crippen molar-refractivity contribution in [2.75, 3.05) is 26.8 Å². The van der Waals surface area contributed by atoms with E-state index in [1.54, 1.807) is 12.1 Å². The topological polar surface area (TPSA) is 47.6 Å². The molecular weight excluding hydrogens is 333 g/mol. The van der Waals surface area contributed by atoms with Crippen LogP contribution in [0.3, 0.4) is 0 Å². The Kier molecular flexibility index (Phi) is 8.63. The van der Waals surface area contributed by atoms with Crippen molar-refractivity contribution in [3.63, 3.8) is 0 Å². The molecule has 26 heavy (non-hydrogen) atoms. The zero-order valence-electron chi connectivity index (χ0n) is 15.2. The van der Waals surface area contributed by atoms with Gasteiger partial charge in [-0.1, -0.05) is 24.3 Å². The third-order valence-electron chi connectivity index (χ3n) is 4.00. The maximum absolute atomic E-state index is 12.9. The third kappa shape index (κ3) is 7.66. The van der Waals surface area contributed by atoms with Crippen LogP contribution in [0, 0.1) is 5.82 Å². The van der Waals surface area contributed by atoms with Crippen molar-refractivity contribution < 1.29 is 18.7 Å². The molecule has 0 saturated carbocycles. The van der Waals surface area contributed by atoms with Gasteiger partial charge in [0.25, 0.3) is 0 Å². The summed E-state index contributed by atoms with van der Waals surface area (Å²) in [7, 11) is 1.40. The van der Waals surface area contributed by atoms with Gasteiger partial charge in [-0.2, -0.15) is 0 Å². The summed E-state index contributed by atoms with van der Waals surface area (Å²) in [6.07, 6.45) is 3.11. The normalized spacial score (nSPS) is 10.5. The lowest BCUT2D eigenvalue weighted by molar-refractivity contribution is -0.140. The van der Waals surface area contributed by atoms with E-state index in [0.29, 0.717) is 19.6 Å². The quantitative estimate of drug-likeness (QED) is 0.491. The molecule has 0 atom stereocenters. The van der Waals surface area contributed by atoms with Crippen molar-refractivity contribution in [3.8, 4) is 5.75 Å². The van der Waals surface area contributed by atoms with E-state index in [2.05, 4.69) is 10.1 Å². The summed E-state index contributed by atoms with van der Waals surface area (Å²) >= 11 is 0. The lowest BCUT2D eigenvalue weighted by Crippen LogP contribution is -2.20. The molecule has 0 aliphatic carbocycles. The summed E-state index contributed by atoms with van der Waals surface area (Å²) in [6, 6.07) is 14.6. The van der Waals surface area contributed by atoms with Gasteiger partial charge in [-0.05, 0) is 61.2 Å². The number of hydrogen-bond donors (Lipinski definition) is 1. The Balaban J connectivity index is 1.59. The first-order valence-electron chi connectivity index (χ1n) is 8.91. The molecule has 0 aromatic heterocycles. The SMILES string of the molecule is COC(=O)CCNCCCCOc1ccc(Cc2ccc(F)cc2)cc1. The van der Waals surface area contributed by atoms with Gasteiger partial charge in [0, 0.05) is 6.54 Å². The fourth-order valence-electron chi connectivity index (χ4n) is 2.50. The molecule has 0 amide bonds.